The number of amides is 2. The Bertz CT molecular complexity index is 1030. The number of hydrogen-bond donors (Lipinski definition) is 1. The van der Waals surface area contributed by atoms with Gasteiger partial charge < -0.3 is 19.5 Å². The van der Waals surface area contributed by atoms with Crippen LogP contribution in [-0.4, -0.2) is 46.0 Å². The summed E-state index contributed by atoms with van der Waals surface area (Å²) in [6.07, 6.45) is 8.54. The molecule has 0 bridgehead atoms. The van der Waals surface area contributed by atoms with Crippen LogP contribution in [0.15, 0.2) is 24.3 Å². The van der Waals surface area contributed by atoms with Crippen molar-refractivity contribution >= 4 is 22.7 Å². The van der Waals surface area contributed by atoms with Crippen molar-refractivity contribution in [2.24, 2.45) is 5.92 Å². The van der Waals surface area contributed by atoms with Gasteiger partial charge in [-0.25, -0.2) is 0 Å². The van der Waals surface area contributed by atoms with Crippen LogP contribution in [0.4, 0.5) is 0 Å². The van der Waals surface area contributed by atoms with Gasteiger partial charge in [0.15, 0.2) is 0 Å². The summed E-state index contributed by atoms with van der Waals surface area (Å²) in [7, 11) is 1.65. The minimum absolute atomic E-state index is 0.00762. The third-order valence-corrected chi connectivity index (χ3v) is 8.08. The number of carbonyl (C=O) groups excluding carboxylic acids is 2. The fourth-order valence-electron chi connectivity index (χ4n) is 6.10. The van der Waals surface area contributed by atoms with Crippen LogP contribution in [0.3, 0.4) is 0 Å². The average molecular weight is 438 g/mol. The molecule has 5 rings (SSSR count). The van der Waals surface area contributed by atoms with Gasteiger partial charge in [0, 0.05) is 23.5 Å². The van der Waals surface area contributed by atoms with Gasteiger partial charge >= 0.3 is 0 Å². The number of carbonyl (C=O) groups is 2. The Labute approximate surface area is 190 Å². The SMILES string of the molecule is COc1ccc2cc3n(c2c1)CC(C)(C(=O)NC1CCCC1)N(C1CCC(C)CC1)C3=O. The van der Waals surface area contributed by atoms with Crippen molar-refractivity contribution in [3.8, 4) is 5.75 Å². The molecule has 1 unspecified atom stereocenters. The molecule has 1 N–H and O–H groups in total. The smallest absolute Gasteiger partial charge is 0.271 e. The second kappa shape index (κ2) is 8.13. The summed E-state index contributed by atoms with van der Waals surface area (Å²) >= 11 is 0. The van der Waals surface area contributed by atoms with Gasteiger partial charge in [-0.1, -0.05) is 19.8 Å². The third-order valence-electron chi connectivity index (χ3n) is 8.08. The predicted octanol–water partition coefficient (Wildman–Crippen LogP) is 4.50. The lowest BCUT2D eigenvalue weighted by Crippen LogP contribution is -2.67. The molecule has 2 heterocycles. The van der Waals surface area contributed by atoms with E-state index < -0.39 is 5.54 Å². The van der Waals surface area contributed by atoms with E-state index in [-0.39, 0.29) is 23.9 Å². The lowest BCUT2D eigenvalue weighted by Gasteiger charge is -2.49. The van der Waals surface area contributed by atoms with E-state index in [1.165, 1.54) is 0 Å². The summed E-state index contributed by atoms with van der Waals surface area (Å²) in [5.74, 6) is 1.41. The molecule has 6 nitrogen and oxygen atoms in total. The molecule has 3 aliphatic rings. The molecule has 1 atom stereocenters. The summed E-state index contributed by atoms with van der Waals surface area (Å²) in [5, 5.41) is 4.32. The highest BCUT2D eigenvalue weighted by molar-refractivity contribution is 6.04. The number of aromatic nitrogens is 1. The Kier molecular flexibility index (Phi) is 5.42. The van der Waals surface area contributed by atoms with E-state index in [0.29, 0.717) is 18.2 Å². The lowest BCUT2D eigenvalue weighted by atomic mass is 9.82. The first-order valence-electron chi connectivity index (χ1n) is 12.2. The number of methoxy groups -OCH3 is 1. The molecule has 0 radical (unpaired) electrons. The quantitative estimate of drug-likeness (QED) is 0.766. The van der Waals surface area contributed by atoms with Crippen molar-refractivity contribution in [1.29, 1.82) is 0 Å². The van der Waals surface area contributed by atoms with Gasteiger partial charge in [0.25, 0.3) is 5.91 Å². The minimum Gasteiger partial charge on any atom is -0.497 e. The van der Waals surface area contributed by atoms with Gasteiger partial charge in [-0.2, -0.15) is 0 Å². The van der Waals surface area contributed by atoms with E-state index in [1.54, 1.807) is 7.11 Å². The van der Waals surface area contributed by atoms with Crippen molar-refractivity contribution in [2.45, 2.75) is 89.4 Å². The second-order valence-electron chi connectivity index (χ2n) is 10.4. The molecule has 32 heavy (non-hydrogen) atoms. The fourth-order valence-corrected chi connectivity index (χ4v) is 6.10. The van der Waals surface area contributed by atoms with Crippen LogP contribution in [0.25, 0.3) is 10.9 Å². The van der Waals surface area contributed by atoms with Crippen molar-refractivity contribution in [3.05, 3.63) is 30.0 Å². The Morgan fingerprint density at radius 1 is 1.09 bits per heavy atom. The summed E-state index contributed by atoms with van der Waals surface area (Å²) in [6.45, 7) is 4.73. The van der Waals surface area contributed by atoms with Gasteiger partial charge in [-0.15, -0.1) is 0 Å². The highest BCUT2D eigenvalue weighted by Gasteiger charge is 2.51. The van der Waals surface area contributed by atoms with Crippen LogP contribution in [-0.2, 0) is 11.3 Å². The zero-order valence-electron chi connectivity index (χ0n) is 19.5. The van der Waals surface area contributed by atoms with Gasteiger partial charge in [0.1, 0.15) is 17.0 Å². The van der Waals surface area contributed by atoms with E-state index in [4.69, 9.17) is 4.74 Å². The Hall–Kier alpha value is -2.50. The van der Waals surface area contributed by atoms with Gasteiger partial charge in [0.2, 0.25) is 5.91 Å². The third kappa shape index (κ3) is 3.48. The maximum atomic E-state index is 14.0. The molecule has 0 spiro atoms. The number of fused-ring (bicyclic) bond motifs is 3. The molecule has 2 amide bonds. The van der Waals surface area contributed by atoms with Crippen molar-refractivity contribution in [2.75, 3.05) is 7.11 Å². The van der Waals surface area contributed by atoms with Crippen LogP contribution in [0.1, 0.15) is 75.7 Å². The van der Waals surface area contributed by atoms with Crippen LogP contribution < -0.4 is 10.1 Å². The van der Waals surface area contributed by atoms with Gasteiger partial charge in [-0.3, -0.25) is 9.59 Å². The first-order chi connectivity index (χ1) is 15.4. The molecule has 0 saturated heterocycles. The highest BCUT2D eigenvalue weighted by Crippen LogP contribution is 2.39. The van der Waals surface area contributed by atoms with Crippen molar-refractivity contribution in [3.63, 3.8) is 0 Å². The van der Waals surface area contributed by atoms with Crippen molar-refractivity contribution in [1.82, 2.24) is 14.8 Å². The Morgan fingerprint density at radius 3 is 2.50 bits per heavy atom. The number of hydrogen-bond acceptors (Lipinski definition) is 3. The van der Waals surface area contributed by atoms with Crippen LogP contribution in [0.5, 0.6) is 5.75 Å². The molecule has 1 aliphatic heterocycles. The molecule has 2 aromatic rings. The van der Waals surface area contributed by atoms with Gasteiger partial charge in [-0.05, 0) is 69.6 Å². The fraction of sp³-hybridized carbons (Fsp3) is 0.615. The lowest BCUT2D eigenvalue weighted by molar-refractivity contribution is -0.135. The molecule has 172 valence electrons. The van der Waals surface area contributed by atoms with E-state index >= 15 is 0 Å². The summed E-state index contributed by atoms with van der Waals surface area (Å²) in [6, 6.07) is 8.20. The molecular weight excluding hydrogens is 402 g/mol. The predicted molar refractivity (Wildman–Crippen MR) is 125 cm³/mol. The molecule has 1 aromatic carbocycles. The Morgan fingerprint density at radius 2 is 1.81 bits per heavy atom. The number of nitrogens with one attached hydrogen (secondary N) is 1. The van der Waals surface area contributed by atoms with Crippen LogP contribution >= 0.6 is 0 Å². The van der Waals surface area contributed by atoms with E-state index in [9.17, 15) is 9.59 Å². The maximum absolute atomic E-state index is 14.0. The number of rotatable bonds is 4. The molecule has 2 saturated carbocycles. The van der Waals surface area contributed by atoms with Gasteiger partial charge in [0.05, 0.1) is 19.2 Å². The van der Waals surface area contributed by atoms with E-state index in [2.05, 4.69) is 12.2 Å². The summed E-state index contributed by atoms with van der Waals surface area (Å²) in [5.41, 5.74) is 0.718. The molecule has 2 fully saturated rings. The molecular formula is C26H35N3O3. The minimum atomic E-state index is -0.910. The molecule has 1 aromatic heterocycles. The van der Waals surface area contributed by atoms with E-state index in [1.807, 2.05) is 40.7 Å². The normalized spacial score (nSPS) is 28.7. The second-order valence-corrected chi connectivity index (χ2v) is 10.4. The summed E-state index contributed by atoms with van der Waals surface area (Å²) in [4.78, 5) is 29.7. The van der Waals surface area contributed by atoms with Crippen molar-refractivity contribution < 1.29 is 14.3 Å². The van der Waals surface area contributed by atoms with Crippen LogP contribution in [0, 0.1) is 5.92 Å². The monoisotopic (exact) mass is 437 g/mol. The zero-order chi connectivity index (χ0) is 22.5. The largest absolute Gasteiger partial charge is 0.497 e. The summed E-state index contributed by atoms with van der Waals surface area (Å²) < 4.78 is 7.47. The standard InChI is InChI=1S/C26H35N3O3/c1-17-8-11-20(12-9-17)29-24(30)23-14-18-10-13-21(32-3)15-22(18)28(23)16-26(29,2)25(31)27-19-6-4-5-7-19/h10,13-15,17,19-20H,4-9,11-12,16H2,1-3H3,(H,27,31). The zero-order valence-corrected chi connectivity index (χ0v) is 19.5. The number of ether oxygens (including phenoxy) is 1. The average Bonchev–Trinajstić information content (AvgIpc) is 3.42. The topological polar surface area (TPSA) is 63.6 Å². The number of benzene rings is 1. The molecule has 2 aliphatic carbocycles. The number of nitrogens with zero attached hydrogens (tertiary/aromatic N) is 2. The van der Waals surface area contributed by atoms with E-state index in [0.717, 1.165) is 68.0 Å². The van der Waals surface area contributed by atoms with Crippen LogP contribution in [0.2, 0.25) is 0 Å². The first kappa shape index (κ1) is 21.4. The first-order valence-corrected chi connectivity index (χ1v) is 12.2. The Balaban J connectivity index is 1.57. The highest BCUT2D eigenvalue weighted by atomic mass is 16.5. The maximum Gasteiger partial charge on any atom is 0.271 e. The molecule has 6 heteroatoms.